The highest BCUT2D eigenvalue weighted by molar-refractivity contribution is 9.10. The third-order valence-corrected chi connectivity index (χ3v) is 5.58. The second-order valence-corrected chi connectivity index (χ2v) is 8.04. The number of para-hydroxylation sites is 1. The molecule has 0 saturated carbocycles. The summed E-state index contributed by atoms with van der Waals surface area (Å²) in [4.78, 5) is 8.38. The molecule has 5 nitrogen and oxygen atoms in total. The van der Waals surface area contributed by atoms with E-state index in [4.69, 9.17) is 0 Å². The van der Waals surface area contributed by atoms with E-state index in [0.717, 1.165) is 15.2 Å². The molecule has 21 heavy (non-hydrogen) atoms. The number of benzene rings is 1. The van der Waals surface area contributed by atoms with Crippen LogP contribution < -0.4 is 4.72 Å². The Labute approximate surface area is 134 Å². The molecular formula is C13H10BrN3O2S2. The van der Waals surface area contributed by atoms with E-state index in [1.165, 1.54) is 29.8 Å². The summed E-state index contributed by atoms with van der Waals surface area (Å²) < 4.78 is 28.5. The summed E-state index contributed by atoms with van der Waals surface area (Å²) in [5.74, 6) is 0. The summed E-state index contributed by atoms with van der Waals surface area (Å²) in [6, 6.07) is 9.21. The fourth-order valence-electron chi connectivity index (χ4n) is 1.77. The highest BCUT2D eigenvalue weighted by Crippen LogP contribution is 2.22. The Morgan fingerprint density at radius 3 is 2.81 bits per heavy atom. The van der Waals surface area contributed by atoms with Crippen molar-refractivity contribution in [3.63, 3.8) is 0 Å². The van der Waals surface area contributed by atoms with E-state index in [1.54, 1.807) is 0 Å². The first-order chi connectivity index (χ1) is 10.0. The predicted molar refractivity (Wildman–Crippen MR) is 85.6 cm³/mol. The molecule has 0 atom stereocenters. The highest BCUT2D eigenvalue weighted by Gasteiger charge is 2.15. The van der Waals surface area contributed by atoms with Crippen LogP contribution in [0.25, 0.3) is 10.2 Å². The van der Waals surface area contributed by atoms with E-state index in [2.05, 4.69) is 30.6 Å². The van der Waals surface area contributed by atoms with Crippen LogP contribution in [0.4, 0.5) is 0 Å². The number of aromatic nitrogens is 2. The first-order valence-corrected chi connectivity index (χ1v) is 9.08. The average molecular weight is 384 g/mol. The SMILES string of the molecule is O=S(=O)(NCc1nc2ccccc2s1)c1cncc(Br)c1. The molecule has 0 saturated heterocycles. The quantitative estimate of drug-likeness (QED) is 0.751. The fraction of sp³-hybridized carbons (Fsp3) is 0.0769. The highest BCUT2D eigenvalue weighted by atomic mass is 79.9. The number of nitrogens with zero attached hydrogens (tertiary/aromatic N) is 2. The molecule has 2 aromatic heterocycles. The maximum Gasteiger partial charge on any atom is 0.242 e. The molecule has 0 amide bonds. The predicted octanol–water partition coefficient (Wildman–Crippen LogP) is 2.93. The van der Waals surface area contributed by atoms with Crippen LogP contribution in [0.5, 0.6) is 0 Å². The van der Waals surface area contributed by atoms with Crippen molar-refractivity contribution in [3.05, 3.63) is 52.2 Å². The molecule has 0 aliphatic heterocycles. The van der Waals surface area contributed by atoms with Gasteiger partial charge in [0.1, 0.15) is 9.90 Å². The molecule has 0 aliphatic rings. The van der Waals surface area contributed by atoms with Crippen molar-refractivity contribution in [1.29, 1.82) is 0 Å². The Kier molecular flexibility index (Phi) is 4.03. The summed E-state index contributed by atoms with van der Waals surface area (Å²) in [6.07, 6.45) is 2.85. The van der Waals surface area contributed by atoms with Crippen LogP contribution in [0.1, 0.15) is 5.01 Å². The Balaban J connectivity index is 1.80. The van der Waals surface area contributed by atoms with E-state index < -0.39 is 10.0 Å². The summed E-state index contributed by atoms with van der Waals surface area (Å²) in [5, 5.41) is 0.725. The Hall–Kier alpha value is -1.35. The number of rotatable bonds is 4. The van der Waals surface area contributed by atoms with Gasteiger partial charge in [-0.3, -0.25) is 4.98 Å². The maximum atomic E-state index is 12.2. The number of pyridine rings is 1. The van der Waals surface area contributed by atoms with E-state index in [9.17, 15) is 8.42 Å². The second kappa shape index (κ2) is 5.80. The largest absolute Gasteiger partial charge is 0.262 e. The lowest BCUT2D eigenvalue weighted by Gasteiger charge is -2.04. The summed E-state index contributed by atoms with van der Waals surface area (Å²) in [5.41, 5.74) is 0.876. The van der Waals surface area contributed by atoms with Crippen LogP contribution in [-0.4, -0.2) is 18.4 Å². The lowest BCUT2D eigenvalue weighted by atomic mass is 10.3. The van der Waals surface area contributed by atoms with Gasteiger partial charge < -0.3 is 0 Å². The minimum Gasteiger partial charge on any atom is -0.262 e. The van der Waals surface area contributed by atoms with E-state index >= 15 is 0 Å². The van der Waals surface area contributed by atoms with Crippen LogP contribution in [-0.2, 0) is 16.6 Å². The van der Waals surface area contributed by atoms with Gasteiger partial charge in [0, 0.05) is 16.9 Å². The van der Waals surface area contributed by atoms with Gasteiger partial charge >= 0.3 is 0 Å². The van der Waals surface area contributed by atoms with Crippen LogP contribution >= 0.6 is 27.3 Å². The third kappa shape index (κ3) is 3.29. The Morgan fingerprint density at radius 1 is 1.24 bits per heavy atom. The molecule has 0 fully saturated rings. The van der Waals surface area contributed by atoms with Crippen molar-refractivity contribution in [2.24, 2.45) is 0 Å². The topological polar surface area (TPSA) is 72.0 Å². The molecule has 3 rings (SSSR count). The van der Waals surface area contributed by atoms with Gasteiger partial charge in [0.15, 0.2) is 0 Å². The van der Waals surface area contributed by atoms with E-state index in [1.807, 2.05) is 24.3 Å². The maximum absolute atomic E-state index is 12.2. The number of halogens is 1. The van der Waals surface area contributed by atoms with Gasteiger partial charge in [-0.25, -0.2) is 18.1 Å². The normalized spacial score (nSPS) is 11.9. The summed E-state index contributed by atoms with van der Waals surface area (Å²) in [6.45, 7) is 0.161. The summed E-state index contributed by atoms with van der Waals surface area (Å²) in [7, 11) is -3.59. The molecular weight excluding hydrogens is 374 g/mol. The third-order valence-electron chi connectivity index (χ3n) is 2.74. The number of sulfonamides is 1. The van der Waals surface area contributed by atoms with Crippen molar-refractivity contribution in [3.8, 4) is 0 Å². The van der Waals surface area contributed by atoms with Crippen LogP contribution in [0.3, 0.4) is 0 Å². The fourth-order valence-corrected chi connectivity index (χ4v) is 4.26. The van der Waals surface area contributed by atoms with Gasteiger partial charge in [-0.05, 0) is 34.1 Å². The lowest BCUT2D eigenvalue weighted by Crippen LogP contribution is -2.23. The van der Waals surface area contributed by atoms with Crippen molar-refractivity contribution in [1.82, 2.24) is 14.7 Å². The van der Waals surface area contributed by atoms with Gasteiger partial charge in [-0.1, -0.05) is 12.1 Å². The molecule has 1 N–H and O–H groups in total. The Bertz CT molecular complexity index is 860. The number of hydrogen-bond donors (Lipinski definition) is 1. The standard InChI is InChI=1S/C13H10BrN3O2S2/c14-9-5-10(7-15-6-9)21(18,19)16-8-13-17-11-3-1-2-4-12(11)20-13/h1-7,16H,8H2. The molecule has 1 aromatic carbocycles. The minimum atomic E-state index is -3.59. The second-order valence-electron chi connectivity index (χ2n) is 4.24. The lowest BCUT2D eigenvalue weighted by molar-refractivity contribution is 0.580. The van der Waals surface area contributed by atoms with Crippen molar-refractivity contribution in [2.45, 2.75) is 11.4 Å². The molecule has 0 bridgehead atoms. The van der Waals surface area contributed by atoms with E-state index in [0.29, 0.717) is 4.47 Å². The van der Waals surface area contributed by atoms with Crippen molar-refractivity contribution in [2.75, 3.05) is 0 Å². The molecule has 2 heterocycles. The Morgan fingerprint density at radius 2 is 2.05 bits per heavy atom. The van der Waals surface area contributed by atoms with Crippen molar-refractivity contribution >= 4 is 47.5 Å². The molecule has 0 spiro atoms. The zero-order chi connectivity index (χ0) is 14.9. The zero-order valence-corrected chi connectivity index (χ0v) is 13.9. The van der Waals surface area contributed by atoms with Gasteiger partial charge in [0.05, 0.1) is 16.8 Å². The number of hydrogen-bond acceptors (Lipinski definition) is 5. The smallest absolute Gasteiger partial charge is 0.242 e. The molecule has 0 radical (unpaired) electrons. The molecule has 8 heteroatoms. The average Bonchev–Trinajstić information content (AvgIpc) is 2.88. The first-order valence-electron chi connectivity index (χ1n) is 5.99. The van der Waals surface area contributed by atoms with Gasteiger partial charge in [-0.2, -0.15) is 0 Å². The van der Waals surface area contributed by atoms with Gasteiger partial charge in [0.2, 0.25) is 10.0 Å². The molecule has 108 valence electrons. The van der Waals surface area contributed by atoms with Crippen LogP contribution in [0.2, 0.25) is 0 Å². The van der Waals surface area contributed by atoms with E-state index in [-0.39, 0.29) is 11.4 Å². The minimum absolute atomic E-state index is 0.123. The van der Waals surface area contributed by atoms with Crippen LogP contribution in [0, 0.1) is 0 Å². The number of thiazole rings is 1. The van der Waals surface area contributed by atoms with Gasteiger partial charge in [0.25, 0.3) is 0 Å². The number of fused-ring (bicyclic) bond motifs is 1. The monoisotopic (exact) mass is 383 g/mol. The van der Waals surface area contributed by atoms with Gasteiger partial charge in [-0.15, -0.1) is 11.3 Å². The number of nitrogens with one attached hydrogen (secondary N) is 1. The van der Waals surface area contributed by atoms with Crippen LogP contribution in [0.15, 0.2) is 52.1 Å². The first kappa shape index (κ1) is 14.6. The van der Waals surface area contributed by atoms with Crippen molar-refractivity contribution < 1.29 is 8.42 Å². The molecule has 0 aliphatic carbocycles. The molecule has 3 aromatic rings. The zero-order valence-electron chi connectivity index (χ0n) is 10.7. The summed E-state index contributed by atoms with van der Waals surface area (Å²) >= 11 is 4.68. The molecule has 0 unspecified atom stereocenters.